The summed E-state index contributed by atoms with van der Waals surface area (Å²) in [5, 5.41) is 0. The van der Waals surface area contributed by atoms with Gasteiger partial charge >= 0.3 is 0 Å². The predicted molar refractivity (Wildman–Crippen MR) is 153 cm³/mol. The van der Waals surface area contributed by atoms with Gasteiger partial charge < -0.3 is 0 Å². The molecular weight excluding hydrogens is 436 g/mol. The fourth-order valence-corrected chi connectivity index (χ4v) is 6.66. The Balaban J connectivity index is 1.29. The number of carbonyl (C=O) groups excluding carboxylic acids is 1. The van der Waals surface area contributed by atoms with E-state index < -0.39 is 0 Å². The minimum absolute atomic E-state index is 0.228. The summed E-state index contributed by atoms with van der Waals surface area (Å²) in [6.07, 6.45) is 14.5. The number of fused-ring (bicyclic) bond motifs is 1. The van der Waals surface area contributed by atoms with Crippen molar-refractivity contribution in [1.29, 1.82) is 0 Å². The number of hydrogen-bond donors (Lipinski definition) is 0. The molecular formula is C35H40O. The van der Waals surface area contributed by atoms with Crippen molar-refractivity contribution in [1.82, 2.24) is 0 Å². The molecule has 2 aromatic rings. The van der Waals surface area contributed by atoms with E-state index in [1.807, 2.05) is 32.0 Å². The van der Waals surface area contributed by atoms with Crippen molar-refractivity contribution in [3.8, 4) is 0 Å². The summed E-state index contributed by atoms with van der Waals surface area (Å²) >= 11 is 0. The van der Waals surface area contributed by atoms with Crippen LogP contribution in [0.5, 0.6) is 0 Å². The van der Waals surface area contributed by atoms with Gasteiger partial charge in [0.2, 0.25) is 0 Å². The second-order valence-corrected chi connectivity index (χ2v) is 11.6. The molecule has 0 unspecified atom stereocenters. The Bertz CT molecular complexity index is 1270. The Morgan fingerprint density at radius 2 is 1.72 bits per heavy atom. The van der Waals surface area contributed by atoms with Crippen LogP contribution in [0.25, 0.3) is 11.6 Å². The first-order chi connectivity index (χ1) is 17.3. The summed E-state index contributed by atoms with van der Waals surface area (Å²) in [5.41, 5.74) is 12.2. The molecule has 0 spiro atoms. The van der Waals surface area contributed by atoms with Crippen LogP contribution in [0.4, 0.5) is 0 Å². The fraction of sp³-hybridized carbons (Fsp3) is 0.400. The van der Waals surface area contributed by atoms with E-state index in [1.165, 1.54) is 64.7 Å². The van der Waals surface area contributed by atoms with Crippen LogP contribution in [0.1, 0.15) is 90.5 Å². The van der Waals surface area contributed by atoms with Gasteiger partial charge in [0.15, 0.2) is 5.78 Å². The summed E-state index contributed by atoms with van der Waals surface area (Å²) in [6.45, 7) is 13.4. The zero-order valence-corrected chi connectivity index (χ0v) is 22.5. The monoisotopic (exact) mass is 476 g/mol. The predicted octanol–water partition coefficient (Wildman–Crippen LogP) is 9.25. The number of benzene rings is 2. The summed E-state index contributed by atoms with van der Waals surface area (Å²) in [7, 11) is 0. The van der Waals surface area contributed by atoms with Crippen LogP contribution in [0.2, 0.25) is 0 Å². The van der Waals surface area contributed by atoms with Gasteiger partial charge in [-0.1, -0.05) is 69.0 Å². The van der Waals surface area contributed by atoms with Gasteiger partial charge in [-0.3, -0.25) is 4.79 Å². The molecule has 0 atom stereocenters. The van der Waals surface area contributed by atoms with Crippen LogP contribution in [0.3, 0.4) is 0 Å². The number of ketones is 1. The Kier molecular flexibility index (Phi) is 7.02. The van der Waals surface area contributed by atoms with Crippen LogP contribution in [-0.2, 0) is 6.42 Å². The zero-order valence-electron chi connectivity index (χ0n) is 22.5. The molecule has 1 heteroatoms. The Hall–Kier alpha value is -2.93. The van der Waals surface area contributed by atoms with Gasteiger partial charge in [-0.2, -0.15) is 0 Å². The van der Waals surface area contributed by atoms with E-state index in [2.05, 4.69) is 56.9 Å². The van der Waals surface area contributed by atoms with Crippen molar-refractivity contribution in [2.24, 2.45) is 17.8 Å². The highest BCUT2D eigenvalue weighted by Gasteiger charge is 2.27. The third-order valence-electron chi connectivity index (χ3n) is 8.92. The molecule has 186 valence electrons. The second-order valence-electron chi connectivity index (χ2n) is 11.6. The number of allylic oxidation sites excluding steroid dienone is 6. The first-order valence-electron chi connectivity index (χ1n) is 13.8. The van der Waals surface area contributed by atoms with Crippen molar-refractivity contribution in [2.45, 2.75) is 72.6 Å². The van der Waals surface area contributed by atoms with Gasteiger partial charge in [0, 0.05) is 12.0 Å². The molecule has 3 aliphatic rings. The van der Waals surface area contributed by atoms with E-state index in [4.69, 9.17) is 0 Å². The van der Waals surface area contributed by atoms with Crippen LogP contribution >= 0.6 is 0 Å². The third kappa shape index (κ3) is 4.85. The van der Waals surface area contributed by atoms with E-state index in [0.717, 1.165) is 41.4 Å². The lowest BCUT2D eigenvalue weighted by Crippen LogP contribution is -2.19. The van der Waals surface area contributed by atoms with Gasteiger partial charge in [0.1, 0.15) is 0 Å². The number of carbonyl (C=O) groups is 1. The molecule has 0 saturated heterocycles. The summed E-state index contributed by atoms with van der Waals surface area (Å²) in [6, 6.07) is 13.1. The van der Waals surface area contributed by atoms with Crippen molar-refractivity contribution in [2.75, 3.05) is 0 Å². The van der Waals surface area contributed by atoms with Gasteiger partial charge in [-0.15, -0.1) is 0 Å². The average molecular weight is 477 g/mol. The van der Waals surface area contributed by atoms with Crippen LogP contribution in [0.15, 0.2) is 71.8 Å². The van der Waals surface area contributed by atoms with Crippen molar-refractivity contribution >= 4 is 17.4 Å². The van der Waals surface area contributed by atoms with Crippen LogP contribution in [-0.4, -0.2) is 5.78 Å². The normalized spacial score (nSPS) is 21.2. The van der Waals surface area contributed by atoms with Gasteiger partial charge in [0.25, 0.3) is 0 Å². The molecule has 0 heterocycles. The lowest BCUT2D eigenvalue weighted by Gasteiger charge is -2.32. The molecule has 1 fully saturated rings. The summed E-state index contributed by atoms with van der Waals surface area (Å²) in [4.78, 5) is 13.3. The first kappa shape index (κ1) is 24.8. The topological polar surface area (TPSA) is 17.1 Å². The Morgan fingerprint density at radius 1 is 1.00 bits per heavy atom. The Labute approximate surface area is 217 Å². The van der Waals surface area contributed by atoms with Gasteiger partial charge in [-0.25, -0.2) is 0 Å². The van der Waals surface area contributed by atoms with Gasteiger partial charge in [-0.05, 0) is 126 Å². The molecule has 36 heavy (non-hydrogen) atoms. The maximum absolute atomic E-state index is 13.3. The minimum atomic E-state index is 0.228. The Morgan fingerprint density at radius 3 is 2.42 bits per heavy atom. The number of Topliss-reactive ketones (excluding diaryl/α,β-unsaturated/α-hetero) is 1. The first-order valence-corrected chi connectivity index (χ1v) is 13.8. The SMILES string of the molecule is C=C(c1ccc2c(c1)C=C(C1=CCC=C1CC(=O)c1c(C)cccc1C)C2)C1CCC(C(C)C)CC1. The molecule has 0 amide bonds. The highest BCUT2D eigenvalue weighted by molar-refractivity contribution is 6.01. The quantitative estimate of drug-likeness (QED) is 0.364. The summed E-state index contributed by atoms with van der Waals surface area (Å²) < 4.78 is 0. The molecule has 3 aliphatic carbocycles. The van der Waals surface area contributed by atoms with E-state index in [1.54, 1.807) is 0 Å². The molecule has 5 rings (SSSR count). The standard InChI is InChI=1S/C35H40O/c1-22(2)26-12-14-27(15-13-26)25(5)28-16-17-29-19-32(20-31(29)18-28)33-11-7-10-30(33)21-34(36)35-23(3)8-6-9-24(35)4/h6,8-11,16-18,20,22,26-27H,5,7,12-15,19,21H2,1-4H3. The van der Waals surface area contributed by atoms with Gasteiger partial charge in [0.05, 0.1) is 0 Å². The van der Waals surface area contributed by atoms with Crippen LogP contribution in [0, 0.1) is 31.6 Å². The second kappa shape index (κ2) is 10.2. The molecule has 1 saturated carbocycles. The van der Waals surface area contributed by atoms with Crippen LogP contribution < -0.4 is 0 Å². The lowest BCUT2D eigenvalue weighted by atomic mass is 9.73. The summed E-state index contributed by atoms with van der Waals surface area (Å²) in [5.74, 6) is 2.52. The van der Waals surface area contributed by atoms with E-state index >= 15 is 0 Å². The molecule has 2 aromatic carbocycles. The molecule has 0 bridgehead atoms. The van der Waals surface area contributed by atoms with Crippen molar-refractivity contribution in [3.05, 3.63) is 105 Å². The van der Waals surface area contributed by atoms with E-state index in [0.29, 0.717) is 12.3 Å². The van der Waals surface area contributed by atoms with E-state index in [-0.39, 0.29) is 5.78 Å². The van der Waals surface area contributed by atoms with Crippen molar-refractivity contribution in [3.63, 3.8) is 0 Å². The molecule has 0 N–H and O–H groups in total. The smallest absolute Gasteiger partial charge is 0.167 e. The molecule has 0 aliphatic heterocycles. The number of hydrogen-bond acceptors (Lipinski definition) is 1. The zero-order chi connectivity index (χ0) is 25.4. The lowest BCUT2D eigenvalue weighted by molar-refractivity contribution is 0.0992. The molecule has 0 radical (unpaired) electrons. The number of aryl methyl sites for hydroxylation is 2. The minimum Gasteiger partial charge on any atom is -0.294 e. The van der Waals surface area contributed by atoms with Crippen molar-refractivity contribution < 1.29 is 4.79 Å². The highest BCUT2D eigenvalue weighted by Crippen LogP contribution is 2.41. The average Bonchev–Trinajstić information content (AvgIpc) is 3.49. The molecule has 0 aromatic heterocycles. The van der Waals surface area contributed by atoms with E-state index in [9.17, 15) is 4.79 Å². The maximum Gasteiger partial charge on any atom is 0.167 e. The third-order valence-corrected chi connectivity index (χ3v) is 8.92. The maximum atomic E-state index is 13.3. The highest BCUT2D eigenvalue weighted by atomic mass is 16.1. The largest absolute Gasteiger partial charge is 0.294 e. The molecule has 1 nitrogen and oxygen atoms in total. The fourth-order valence-electron chi connectivity index (χ4n) is 6.66. The number of rotatable bonds is 7.